The van der Waals surface area contributed by atoms with E-state index in [1.54, 1.807) is 7.05 Å². The quantitative estimate of drug-likeness (QED) is 0.634. The molecule has 1 rings (SSSR count). The van der Waals surface area contributed by atoms with Crippen molar-refractivity contribution in [1.82, 2.24) is 9.78 Å². The molecule has 6 nitrogen and oxygen atoms in total. The maximum atomic E-state index is 11.1. The van der Waals surface area contributed by atoms with Gasteiger partial charge < -0.3 is 15.5 Å². The molecule has 0 amide bonds. The summed E-state index contributed by atoms with van der Waals surface area (Å²) in [5.74, 6) is 0.428. The molecule has 0 spiro atoms. The first-order valence-corrected chi connectivity index (χ1v) is 4.69. The highest BCUT2D eigenvalue weighted by Crippen LogP contribution is 2.03. The molecule has 15 heavy (non-hydrogen) atoms. The Morgan fingerprint density at radius 1 is 1.73 bits per heavy atom. The van der Waals surface area contributed by atoms with Crippen molar-refractivity contribution >= 4 is 17.4 Å². The summed E-state index contributed by atoms with van der Waals surface area (Å²) < 4.78 is 1.38. The summed E-state index contributed by atoms with van der Waals surface area (Å²) in [5, 5.41) is 24.1. The minimum Gasteiger partial charge on any atom is -0.394 e. The van der Waals surface area contributed by atoms with Crippen LogP contribution in [0.15, 0.2) is 10.9 Å². The number of aromatic nitrogens is 2. The van der Waals surface area contributed by atoms with Gasteiger partial charge >= 0.3 is 0 Å². The molecule has 0 aliphatic heterocycles. The fraction of sp³-hybridized carbons (Fsp3) is 0.500. The molecule has 1 unspecified atom stereocenters. The second-order valence-corrected chi connectivity index (χ2v) is 3.38. The number of aliphatic hydroxyl groups is 2. The van der Waals surface area contributed by atoms with E-state index in [-0.39, 0.29) is 18.3 Å². The smallest absolute Gasteiger partial charge is 0.221 e. The lowest BCUT2D eigenvalue weighted by Crippen LogP contribution is -2.25. The summed E-state index contributed by atoms with van der Waals surface area (Å²) in [5.41, 5.74) is -0.393. The molecule has 7 heteroatoms. The van der Waals surface area contributed by atoms with Crippen LogP contribution in [-0.2, 0) is 7.05 Å². The van der Waals surface area contributed by atoms with Crippen LogP contribution in [-0.4, -0.2) is 39.2 Å². The lowest BCUT2D eigenvalue weighted by Gasteiger charge is -2.12. The van der Waals surface area contributed by atoms with E-state index in [0.29, 0.717) is 5.82 Å². The predicted molar refractivity (Wildman–Crippen MR) is 56.1 cm³/mol. The van der Waals surface area contributed by atoms with Gasteiger partial charge in [-0.05, 0) is 0 Å². The molecule has 0 saturated carbocycles. The summed E-state index contributed by atoms with van der Waals surface area (Å²) >= 11 is 5.51. The molecule has 3 N–H and O–H groups in total. The Labute approximate surface area is 91.1 Å². The van der Waals surface area contributed by atoms with Crippen molar-refractivity contribution in [3.8, 4) is 0 Å². The van der Waals surface area contributed by atoms with Crippen molar-refractivity contribution < 1.29 is 10.2 Å². The van der Waals surface area contributed by atoms with Crippen molar-refractivity contribution in [3.63, 3.8) is 0 Å². The molecule has 1 aromatic rings. The molecule has 0 radical (unpaired) electrons. The number of anilines is 1. The summed E-state index contributed by atoms with van der Waals surface area (Å²) in [7, 11) is 1.61. The van der Waals surface area contributed by atoms with Gasteiger partial charge in [-0.3, -0.25) is 9.48 Å². The summed E-state index contributed by atoms with van der Waals surface area (Å²) in [4.78, 5) is 11.1. The Bertz CT molecular complexity index is 393. The summed E-state index contributed by atoms with van der Waals surface area (Å²) in [6.07, 6.45) is -0.879. The van der Waals surface area contributed by atoms with Crippen LogP contribution in [0.25, 0.3) is 0 Å². The van der Waals surface area contributed by atoms with Gasteiger partial charge in [0, 0.05) is 19.7 Å². The van der Waals surface area contributed by atoms with Crippen molar-refractivity contribution in [2.75, 3.05) is 18.5 Å². The van der Waals surface area contributed by atoms with Crippen LogP contribution < -0.4 is 10.7 Å². The van der Waals surface area contributed by atoms with E-state index in [9.17, 15) is 4.79 Å². The van der Waals surface area contributed by atoms with Crippen molar-refractivity contribution in [3.05, 3.63) is 21.4 Å². The molecule has 0 aliphatic carbocycles. The first kappa shape index (κ1) is 12.0. The van der Waals surface area contributed by atoms with E-state index in [4.69, 9.17) is 21.8 Å². The fourth-order valence-corrected chi connectivity index (χ4v) is 1.13. The van der Waals surface area contributed by atoms with Crippen molar-refractivity contribution in [1.29, 1.82) is 0 Å². The fourth-order valence-electron chi connectivity index (χ4n) is 0.964. The van der Waals surface area contributed by atoms with Crippen LogP contribution >= 0.6 is 11.6 Å². The Hall–Kier alpha value is -1.11. The number of nitrogens with zero attached hydrogens (tertiary/aromatic N) is 2. The number of nitrogens with one attached hydrogen (secondary N) is 1. The van der Waals surface area contributed by atoms with Crippen LogP contribution in [0.2, 0.25) is 5.15 Å². The van der Waals surface area contributed by atoms with Gasteiger partial charge in [-0.15, -0.1) is 0 Å². The lowest BCUT2D eigenvalue weighted by molar-refractivity contribution is 0.105. The third-order valence-electron chi connectivity index (χ3n) is 1.79. The molecule has 84 valence electrons. The van der Waals surface area contributed by atoms with Crippen molar-refractivity contribution in [2.24, 2.45) is 7.05 Å². The second kappa shape index (κ2) is 5.11. The maximum Gasteiger partial charge on any atom is 0.221 e. The van der Waals surface area contributed by atoms with Gasteiger partial charge in [0.2, 0.25) is 5.43 Å². The lowest BCUT2D eigenvalue weighted by atomic mass is 10.4. The van der Waals surface area contributed by atoms with Gasteiger partial charge in [-0.1, -0.05) is 11.6 Å². The second-order valence-electron chi connectivity index (χ2n) is 3.03. The van der Waals surface area contributed by atoms with E-state index in [1.807, 2.05) is 0 Å². The monoisotopic (exact) mass is 233 g/mol. The molecule has 1 aromatic heterocycles. The number of aryl methyl sites for hydroxylation is 1. The number of rotatable bonds is 4. The molecule has 0 saturated heterocycles. The van der Waals surface area contributed by atoms with Gasteiger partial charge in [-0.2, -0.15) is 5.10 Å². The van der Waals surface area contributed by atoms with Crippen molar-refractivity contribution in [2.45, 2.75) is 6.10 Å². The molecular weight excluding hydrogens is 222 g/mol. The first-order chi connectivity index (χ1) is 7.04. The zero-order valence-electron chi connectivity index (χ0n) is 8.14. The first-order valence-electron chi connectivity index (χ1n) is 4.31. The minimum absolute atomic E-state index is 0.106. The van der Waals surface area contributed by atoms with Gasteiger partial charge in [0.1, 0.15) is 5.82 Å². The Morgan fingerprint density at radius 2 is 2.40 bits per heavy atom. The third kappa shape index (κ3) is 3.19. The number of hydrogen-bond acceptors (Lipinski definition) is 5. The normalized spacial score (nSPS) is 12.5. The SMILES string of the molecule is Cn1nc(Cl)c(=O)cc1NCC(O)CO. The Kier molecular flexibility index (Phi) is 4.07. The zero-order valence-corrected chi connectivity index (χ0v) is 8.90. The summed E-state index contributed by atoms with van der Waals surface area (Å²) in [6, 6.07) is 1.28. The average molecular weight is 234 g/mol. The Balaban J connectivity index is 2.78. The van der Waals surface area contributed by atoms with Crippen LogP contribution in [0.1, 0.15) is 0 Å². The van der Waals surface area contributed by atoms with E-state index in [2.05, 4.69) is 10.4 Å². The molecule has 0 aliphatic rings. The molecule has 1 heterocycles. The molecule has 0 fully saturated rings. The highest BCUT2D eigenvalue weighted by atomic mass is 35.5. The zero-order chi connectivity index (χ0) is 11.4. The van der Waals surface area contributed by atoms with Crippen LogP contribution in [0.4, 0.5) is 5.82 Å². The molecule has 1 atom stereocenters. The summed E-state index contributed by atoms with van der Waals surface area (Å²) in [6.45, 7) is -0.213. The van der Waals surface area contributed by atoms with E-state index in [0.717, 1.165) is 0 Å². The molecule has 0 bridgehead atoms. The molecular formula is C8H12ClN3O3. The van der Waals surface area contributed by atoms with Crippen LogP contribution in [0.3, 0.4) is 0 Å². The highest BCUT2D eigenvalue weighted by Gasteiger charge is 2.06. The standard InChI is InChI=1S/C8H12ClN3O3/c1-12-7(10-3-5(14)4-13)2-6(15)8(9)11-12/h2,5,10,13-14H,3-4H2,1H3. The largest absolute Gasteiger partial charge is 0.394 e. The van der Waals surface area contributed by atoms with E-state index in [1.165, 1.54) is 10.7 Å². The van der Waals surface area contributed by atoms with Gasteiger partial charge in [0.25, 0.3) is 0 Å². The van der Waals surface area contributed by atoms with Crippen LogP contribution in [0, 0.1) is 0 Å². The van der Waals surface area contributed by atoms with Crippen LogP contribution in [0.5, 0.6) is 0 Å². The predicted octanol–water partition coefficient (Wildman–Crippen LogP) is -0.801. The van der Waals surface area contributed by atoms with E-state index < -0.39 is 11.5 Å². The van der Waals surface area contributed by atoms with Gasteiger partial charge in [0.15, 0.2) is 5.15 Å². The van der Waals surface area contributed by atoms with Gasteiger partial charge in [0.05, 0.1) is 12.7 Å². The topological polar surface area (TPSA) is 87.4 Å². The minimum atomic E-state index is -0.879. The Morgan fingerprint density at radius 3 is 3.00 bits per heavy atom. The third-order valence-corrected chi connectivity index (χ3v) is 2.05. The number of aliphatic hydroxyl groups excluding tert-OH is 2. The number of hydrogen-bond donors (Lipinski definition) is 3. The average Bonchev–Trinajstić information content (AvgIpc) is 2.21. The maximum absolute atomic E-state index is 11.1. The van der Waals surface area contributed by atoms with E-state index >= 15 is 0 Å². The number of halogens is 1. The molecule has 0 aromatic carbocycles. The van der Waals surface area contributed by atoms with Gasteiger partial charge in [-0.25, -0.2) is 0 Å². The highest BCUT2D eigenvalue weighted by molar-refractivity contribution is 6.29.